The maximum atomic E-state index is 10.5. The number of aliphatic hydroxyl groups excluding tert-OH is 1. The smallest absolute Gasteiger partial charge is 0.119 e. The lowest BCUT2D eigenvalue weighted by atomic mass is 9.97. The molecule has 1 N–H and O–H groups in total. The van der Waals surface area contributed by atoms with Gasteiger partial charge in [-0.2, -0.15) is 0 Å². The number of hydrogen-bond donors (Lipinski definition) is 1. The van der Waals surface area contributed by atoms with Crippen LogP contribution in [0.15, 0.2) is 42.5 Å². The van der Waals surface area contributed by atoms with Gasteiger partial charge in [-0.25, -0.2) is 0 Å². The molecular formula is C17H17ClO2. The minimum atomic E-state index is -0.637. The molecule has 0 aliphatic heterocycles. The highest BCUT2D eigenvalue weighted by Gasteiger charge is 2.23. The quantitative estimate of drug-likeness (QED) is 0.910. The van der Waals surface area contributed by atoms with Crippen molar-refractivity contribution in [3.63, 3.8) is 0 Å². The number of hydrogen-bond acceptors (Lipinski definition) is 2. The van der Waals surface area contributed by atoms with E-state index in [9.17, 15) is 5.11 Å². The van der Waals surface area contributed by atoms with Crippen LogP contribution in [0.3, 0.4) is 0 Å². The van der Waals surface area contributed by atoms with Crippen LogP contribution < -0.4 is 4.74 Å². The van der Waals surface area contributed by atoms with Gasteiger partial charge in [-0.05, 0) is 60.7 Å². The molecule has 1 unspecified atom stereocenters. The number of aryl methyl sites for hydroxylation is 1. The Hall–Kier alpha value is -1.51. The van der Waals surface area contributed by atoms with Crippen LogP contribution in [0.5, 0.6) is 5.75 Å². The van der Waals surface area contributed by atoms with Crippen molar-refractivity contribution >= 4 is 11.6 Å². The van der Waals surface area contributed by atoms with E-state index in [1.54, 1.807) is 6.07 Å². The minimum absolute atomic E-state index is 0.393. The lowest BCUT2D eigenvalue weighted by Gasteiger charge is -2.15. The molecule has 104 valence electrons. The predicted octanol–water partition coefficient (Wildman–Crippen LogP) is 4.27. The van der Waals surface area contributed by atoms with Crippen molar-refractivity contribution in [3.8, 4) is 5.75 Å². The van der Waals surface area contributed by atoms with Crippen molar-refractivity contribution in [2.24, 2.45) is 0 Å². The molecule has 0 aromatic heterocycles. The van der Waals surface area contributed by atoms with Crippen LogP contribution in [0.1, 0.15) is 35.6 Å². The molecule has 0 radical (unpaired) electrons. The molecule has 3 rings (SSSR count). The molecule has 1 atom stereocenters. The second kappa shape index (κ2) is 5.47. The van der Waals surface area contributed by atoms with E-state index in [1.165, 1.54) is 0 Å². The Bertz CT molecular complexity index is 603. The first-order valence-electron chi connectivity index (χ1n) is 6.84. The Morgan fingerprint density at radius 1 is 1.15 bits per heavy atom. The molecule has 20 heavy (non-hydrogen) atoms. The normalized spacial score (nSPS) is 15.9. The van der Waals surface area contributed by atoms with Crippen molar-refractivity contribution in [3.05, 3.63) is 64.2 Å². The fourth-order valence-electron chi connectivity index (χ4n) is 2.23. The van der Waals surface area contributed by atoms with Gasteiger partial charge in [0.25, 0.3) is 0 Å². The summed E-state index contributed by atoms with van der Waals surface area (Å²) >= 11 is 5.94. The van der Waals surface area contributed by atoms with Gasteiger partial charge in [0.2, 0.25) is 0 Å². The van der Waals surface area contributed by atoms with E-state index in [-0.39, 0.29) is 0 Å². The molecule has 0 amide bonds. The monoisotopic (exact) mass is 288 g/mol. The Labute approximate surface area is 124 Å². The summed E-state index contributed by atoms with van der Waals surface area (Å²) in [5.74, 6) is 0.872. The zero-order valence-electron chi connectivity index (χ0n) is 11.3. The molecule has 2 nitrogen and oxygen atoms in total. The molecule has 0 heterocycles. The summed E-state index contributed by atoms with van der Waals surface area (Å²) in [6, 6.07) is 13.2. The van der Waals surface area contributed by atoms with Crippen molar-refractivity contribution in [2.75, 3.05) is 0 Å². The summed E-state index contributed by atoms with van der Waals surface area (Å²) in [7, 11) is 0. The zero-order chi connectivity index (χ0) is 14.1. The van der Waals surface area contributed by atoms with E-state index >= 15 is 0 Å². The van der Waals surface area contributed by atoms with Crippen molar-refractivity contribution < 1.29 is 9.84 Å². The second-order valence-electron chi connectivity index (χ2n) is 5.29. The first kappa shape index (κ1) is 13.5. The number of rotatable bonds is 4. The van der Waals surface area contributed by atoms with E-state index in [4.69, 9.17) is 16.3 Å². The summed E-state index contributed by atoms with van der Waals surface area (Å²) < 4.78 is 5.71. The molecule has 0 spiro atoms. The SMILES string of the molecule is Cc1cc(Cl)ccc1C(O)c1ccc(OC2CC2)cc1. The van der Waals surface area contributed by atoms with Crippen LogP contribution in [0.25, 0.3) is 0 Å². The summed E-state index contributed by atoms with van der Waals surface area (Å²) in [5, 5.41) is 11.2. The third-order valence-electron chi connectivity index (χ3n) is 3.55. The lowest BCUT2D eigenvalue weighted by molar-refractivity contribution is 0.219. The predicted molar refractivity (Wildman–Crippen MR) is 80.3 cm³/mol. The maximum absolute atomic E-state index is 10.5. The fourth-order valence-corrected chi connectivity index (χ4v) is 2.46. The largest absolute Gasteiger partial charge is 0.490 e. The third-order valence-corrected chi connectivity index (χ3v) is 3.78. The van der Waals surface area contributed by atoms with Gasteiger partial charge in [0.1, 0.15) is 11.9 Å². The number of ether oxygens (including phenoxy) is 1. The molecular weight excluding hydrogens is 272 g/mol. The molecule has 1 aliphatic rings. The number of aliphatic hydroxyl groups is 1. The zero-order valence-corrected chi connectivity index (χ0v) is 12.1. The number of benzene rings is 2. The van der Waals surface area contributed by atoms with Crippen molar-refractivity contribution in [1.82, 2.24) is 0 Å². The molecule has 0 saturated heterocycles. The van der Waals surface area contributed by atoms with Crippen molar-refractivity contribution in [2.45, 2.75) is 32.0 Å². The molecule has 2 aromatic rings. The summed E-state index contributed by atoms with van der Waals surface area (Å²) in [6.07, 6.45) is 2.05. The molecule has 1 saturated carbocycles. The second-order valence-corrected chi connectivity index (χ2v) is 5.73. The van der Waals surface area contributed by atoms with Crippen LogP contribution in [0, 0.1) is 6.92 Å². The minimum Gasteiger partial charge on any atom is -0.490 e. The Morgan fingerprint density at radius 2 is 1.85 bits per heavy atom. The van der Waals surface area contributed by atoms with Gasteiger partial charge >= 0.3 is 0 Å². The standard InChI is InChI=1S/C17H17ClO2/c1-11-10-13(18)4-9-16(11)17(19)12-2-5-14(6-3-12)20-15-7-8-15/h2-6,9-10,15,17,19H,7-8H2,1H3. The van der Waals surface area contributed by atoms with Gasteiger partial charge in [-0.15, -0.1) is 0 Å². The highest BCUT2D eigenvalue weighted by Crippen LogP contribution is 2.30. The molecule has 1 fully saturated rings. The van der Waals surface area contributed by atoms with Gasteiger partial charge in [-0.1, -0.05) is 29.8 Å². The van der Waals surface area contributed by atoms with Crippen LogP contribution in [0.2, 0.25) is 5.02 Å². The van der Waals surface area contributed by atoms with E-state index in [1.807, 2.05) is 43.3 Å². The third kappa shape index (κ3) is 2.97. The average molecular weight is 289 g/mol. The Morgan fingerprint density at radius 3 is 2.45 bits per heavy atom. The van der Waals surface area contributed by atoms with E-state index < -0.39 is 6.10 Å². The van der Waals surface area contributed by atoms with Crippen LogP contribution in [0.4, 0.5) is 0 Å². The fraction of sp³-hybridized carbons (Fsp3) is 0.294. The first-order chi connectivity index (χ1) is 9.63. The first-order valence-corrected chi connectivity index (χ1v) is 7.22. The summed E-state index contributed by atoms with van der Waals surface area (Å²) in [4.78, 5) is 0. The van der Waals surface area contributed by atoms with E-state index in [2.05, 4.69) is 0 Å². The highest BCUT2D eigenvalue weighted by molar-refractivity contribution is 6.30. The van der Waals surface area contributed by atoms with Gasteiger partial charge in [-0.3, -0.25) is 0 Å². The molecule has 0 bridgehead atoms. The Balaban J connectivity index is 1.80. The van der Waals surface area contributed by atoms with Crippen LogP contribution in [-0.2, 0) is 0 Å². The van der Waals surface area contributed by atoms with Gasteiger partial charge in [0, 0.05) is 5.02 Å². The molecule has 2 aromatic carbocycles. The van der Waals surface area contributed by atoms with Gasteiger partial charge < -0.3 is 9.84 Å². The molecule has 3 heteroatoms. The lowest BCUT2D eigenvalue weighted by Crippen LogP contribution is -2.02. The summed E-state index contributed by atoms with van der Waals surface area (Å²) in [6.45, 7) is 1.95. The number of halogens is 1. The molecule has 1 aliphatic carbocycles. The van der Waals surface area contributed by atoms with Crippen LogP contribution >= 0.6 is 11.6 Å². The van der Waals surface area contributed by atoms with Crippen molar-refractivity contribution in [1.29, 1.82) is 0 Å². The van der Waals surface area contributed by atoms with Gasteiger partial charge in [0.05, 0.1) is 6.10 Å². The van der Waals surface area contributed by atoms with E-state index in [0.717, 1.165) is 35.3 Å². The maximum Gasteiger partial charge on any atom is 0.119 e. The summed E-state index contributed by atoms with van der Waals surface area (Å²) in [5.41, 5.74) is 2.73. The average Bonchev–Trinajstić information content (AvgIpc) is 3.23. The van der Waals surface area contributed by atoms with E-state index in [0.29, 0.717) is 11.1 Å². The van der Waals surface area contributed by atoms with Crippen LogP contribution in [-0.4, -0.2) is 11.2 Å². The van der Waals surface area contributed by atoms with Gasteiger partial charge in [0.15, 0.2) is 0 Å². The highest BCUT2D eigenvalue weighted by atomic mass is 35.5. The Kier molecular flexibility index (Phi) is 3.68. The topological polar surface area (TPSA) is 29.5 Å².